The van der Waals surface area contributed by atoms with Gasteiger partial charge in [0.25, 0.3) is 5.91 Å². The van der Waals surface area contributed by atoms with Crippen LogP contribution in [0.2, 0.25) is 5.02 Å². The van der Waals surface area contributed by atoms with Gasteiger partial charge in [0, 0.05) is 5.02 Å². The molecule has 2 aromatic carbocycles. The lowest BCUT2D eigenvalue weighted by atomic mass is 10.1. The van der Waals surface area contributed by atoms with Crippen LogP contribution in [0.15, 0.2) is 42.5 Å². The zero-order valence-electron chi connectivity index (χ0n) is 13.7. The molecule has 0 aromatic heterocycles. The second kappa shape index (κ2) is 8.48. The van der Waals surface area contributed by atoms with Crippen LogP contribution in [-0.4, -0.2) is 25.6 Å². The minimum Gasteiger partial charge on any atom is -0.497 e. The fraction of sp³-hybridized carbons (Fsp3) is 0.222. The minimum atomic E-state index is -0.954. The lowest BCUT2D eigenvalue weighted by Crippen LogP contribution is -2.31. The molecule has 0 radical (unpaired) electrons. The molecule has 0 saturated heterocycles. The van der Waals surface area contributed by atoms with E-state index >= 15 is 0 Å². The summed E-state index contributed by atoms with van der Waals surface area (Å²) in [6.07, 6.45) is 0. The Balaban J connectivity index is 1.91. The van der Waals surface area contributed by atoms with Crippen molar-refractivity contribution in [2.75, 3.05) is 13.7 Å². The van der Waals surface area contributed by atoms with Crippen LogP contribution in [0.1, 0.15) is 28.9 Å². The van der Waals surface area contributed by atoms with Crippen molar-refractivity contribution in [1.29, 1.82) is 0 Å². The summed E-state index contributed by atoms with van der Waals surface area (Å²) in [6, 6.07) is 10.4. The molecule has 1 N–H and O–H groups in total. The number of amides is 1. The van der Waals surface area contributed by atoms with E-state index in [4.69, 9.17) is 21.1 Å². The molecule has 2 aromatic rings. The van der Waals surface area contributed by atoms with Gasteiger partial charge in [-0.3, -0.25) is 4.79 Å². The quantitative estimate of drug-likeness (QED) is 0.795. The van der Waals surface area contributed by atoms with Crippen molar-refractivity contribution < 1.29 is 23.5 Å². The van der Waals surface area contributed by atoms with E-state index in [2.05, 4.69) is 5.32 Å². The molecule has 7 heteroatoms. The van der Waals surface area contributed by atoms with Crippen molar-refractivity contribution in [1.82, 2.24) is 5.32 Å². The van der Waals surface area contributed by atoms with Crippen molar-refractivity contribution in [3.8, 4) is 5.75 Å². The van der Waals surface area contributed by atoms with Crippen molar-refractivity contribution in [2.24, 2.45) is 0 Å². The molecular formula is C18H17ClFNO4. The van der Waals surface area contributed by atoms with Gasteiger partial charge in [-0.25, -0.2) is 9.18 Å². The Kier molecular flexibility index (Phi) is 6.36. The molecule has 132 valence electrons. The molecule has 0 aliphatic carbocycles. The van der Waals surface area contributed by atoms with Gasteiger partial charge in [0.2, 0.25) is 0 Å². The highest BCUT2D eigenvalue weighted by Crippen LogP contribution is 2.19. The highest BCUT2D eigenvalue weighted by molar-refractivity contribution is 6.30. The maximum atomic E-state index is 13.6. The molecule has 1 amide bonds. The first-order chi connectivity index (χ1) is 11.9. The highest BCUT2D eigenvalue weighted by atomic mass is 35.5. The Morgan fingerprint density at radius 2 is 2.00 bits per heavy atom. The fourth-order valence-electron chi connectivity index (χ4n) is 2.14. The van der Waals surface area contributed by atoms with Crippen LogP contribution in [0.3, 0.4) is 0 Å². The Morgan fingerprint density at radius 3 is 2.72 bits per heavy atom. The van der Waals surface area contributed by atoms with Crippen molar-refractivity contribution in [2.45, 2.75) is 13.0 Å². The lowest BCUT2D eigenvalue weighted by molar-refractivity contribution is -0.124. The normalized spacial score (nSPS) is 11.5. The van der Waals surface area contributed by atoms with E-state index in [1.54, 1.807) is 32.2 Å². The SMILES string of the molecule is COc1cccc([C@@H](C)NC(=O)COC(=O)c2cc(Cl)ccc2F)c1. The van der Waals surface area contributed by atoms with Crippen LogP contribution in [-0.2, 0) is 9.53 Å². The van der Waals surface area contributed by atoms with Crippen LogP contribution in [0, 0.1) is 5.82 Å². The van der Waals surface area contributed by atoms with Crippen molar-refractivity contribution in [3.63, 3.8) is 0 Å². The number of esters is 1. The molecule has 0 aliphatic heterocycles. The average Bonchev–Trinajstić information content (AvgIpc) is 2.61. The summed E-state index contributed by atoms with van der Waals surface area (Å²) in [5, 5.41) is 2.89. The third-order valence-electron chi connectivity index (χ3n) is 3.45. The first kappa shape index (κ1) is 18.7. The van der Waals surface area contributed by atoms with Crippen LogP contribution < -0.4 is 10.1 Å². The second-order valence-electron chi connectivity index (χ2n) is 5.27. The number of hydrogen-bond acceptors (Lipinski definition) is 4. The van der Waals surface area contributed by atoms with Gasteiger partial charge in [0.15, 0.2) is 6.61 Å². The second-order valence-corrected chi connectivity index (χ2v) is 5.70. The topological polar surface area (TPSA) is 64.6 Å². The maximum Gasteiger partial charge on any atom is 0.341 e. The van der Waals surface area contributed by atoms with Gasteiger partial charge in [-0.2, -0.15) is 0 Å². The number of nitrogens with one attached hydrogen (secondary N) is 1. The number of halogens is 2. The van der Waals surface area contributed by atoms with E-state index in [-0.39, 0.29) is 16.6 Å². The predicted octanol–water partition coefficient (Wildman–Crippen LogP) is 3.52. The Labute approximate surface area is 149 Å². The van der Waals surface area contributed by atoms with Gasteiger partial charge in [0.1, 0.15) is 11.6 Å². The van der Waals surface area contributed by atoms with Crippen LogP contribution in [0.5, 0.6) is 5.75 Å². The third-order valence-corrected chi connectivity index (χ3v) is 3.69. The summed E-state index contributed by atoms with van der Waals surface area (Å²) >= 11 is 5.72. The lowest BCUT2D eigenvalue weighted by Gasteiger charge is -2.15. The first-order valence-electron chi connectivity index (χ1n) is 7.46. The summed E-state index contributed by atoms with van der Waals surface area (Å²) in [5.74, 6) is -1.56. The summed E-state index contributed by atoms with van der Waals surface area (Å²) in [7, 11) is 1.55. The minimum absolute atomic E-state index is 0.199. The van der Waals surface area contributed by atoms with E-state index in [0.29, 0.717) is 5.75 Å². The van der Waals surface area contributed by atoms with Crippen molar-refractivity contribution >= 4 is 23.5 Å². The fourth-order valence-corrected chi connectivity index (χ4v) is 2.31. The molecule has 0 aliphatic rings. The van der Waals surface area contributed by atoms with Crippen LogP contribution in [0.25, 0.3) is 0 Å². The van der Waals surface area contributed by atoms with E-state index in [1.165, 1.54) is 6.07 Å². The predicted molar refractivity (Wildman–Crippen MR) is 91.2 cm³/mol. The van der Waals surface area contributed by atoms with Gasteiger partial charge in [-0.1, -0.05) is 23.7 Å². The molecule has 0 unspecified atom stereocenters. The average molecular weight is 366 g/mol. The molecule has 0 saturated carbocycles. The Hall–Kier alpha value is -2.60. The standard InChI is InChI=1S/C18H17ClFNO4/c1-11(12-4-3-5-14(8-12)24-2)21-17(22)10-25-18(23)15-9-13(19)6-7-16(15)20/h3-9,11H,10H2,1-2H3,(H,21,22)/t11-/m1/s1. The molecule has 0 heterocycles. The number of benzene rings is 2. The van der Waals surface area contributed by atoms with Gasteiger partial charge < -0.3 is 14.8 Å². The number of carbonyl (C=O) groups excluding carboxylic acids is 2. The summed E-state index contributed by atoms with van der Waals surface area (Å²) in [5.41, 5.74) is 0.515. The van der Waals surface area contributed by atoms with Gasteiger partial charge in [0.05, 0.1) is 18.7 Å². The summed E-state index contributed by atoms with van der Waals surface area (Å²) in [6.45, 7) is 1.25. The number of hydrogen-bond donors (Lipinski definition) is 1. The first-order valence-corrected chi connectivity index (χ1v) is 7.84. The molecule has 0 spiro atoms. The molecular weight excluding hydrogens is 349 g/mol. The van der Waals surface area contributed by atoms with Crippen LogP contribution in [0.4, 0.5) is 4.39 Å². The number of carbonyl (C=O) groups is 2. The van der Waals surface area contributed by atoms with E-state index in [9.17, 15) is 14.0 Å². The van der Waals surface area contributed by atoms with E-state index in [0.717, 1.165) is 17.7 Å². The van der Waals surface area contributed by atoms with Gasteiger partial charge >= 0.3 is 5.97 Å². The van der Waals surface area contributed by atoms with Gasteiger partial charge in [-0.05, 0) is 42.8 Å². The molecule has 5 nitrogen and oxygen atoms in total. The summed E-state index contributed by atoms with van der Waals surface area (Å²) < 4.78 is 23.5. The zero-order valence-corrected chi connectivity index (χ0v) is 14.5. The monoisotopic (exact) mass is 365 g/mol. The highest BCUT2D eigenvalue weighted by Gasteiger charge is 2.16. The number of methoxy groups -OCH3 is 1. The van der Waals surface area contributed by atoms with Gasteiger partial charge in [-0.15, -0.1) is 0 Å². The Bertz CT molecular complexity index is 781. The summed E-state index contributed by atoms with van der Waals surface area (Å²) in [4.78, 5) is 23.8. The number of ether oxygens (including phenoxy) is 2. The van der Waals surface area contributed by atoms with E-state index in [1.807, 2.05) is 6.07 Å². The molecule has 1 atom stereocenters. The smallest absolute Gasteiger partial charge is 0.341 e. The molecule has 2 rings (SSSR count). The molecule has 0 fully saturated rings. The maximum absolute atomic E-state index is 13.6. The van der Waals surface area contributed by atoms with E-state index < -0.39 is 24.3 Å². The molecule has 0 bridgehead atoms. The zero-order chi connectivity index (χ0) is 18.4. The largest absolute Gasteiger partial charge is 0.497 e. The third kappa shape index (κ3) is 5.19. The molecule has 25 heavy (non-hydrogen) atoms. The van der Waals surface area contributed by atoms with Crippen LogP contribution >= 0.6 is 11.6 Å². The van der Waals surface area contributed by atoms with Crippen molar-refractivity contribution in [3.05, 3.63) is 64.4 Å². The Morgan fingerprint density at radius 1 is 1.24 bits per heavy atom. The number of rotatable bonds is 6.